The van der Waals surface area contributed by atoms with Gasteiger partial charge in [-0.1, -0.05) is 30.7 Å². The average Bonchev–Trinajstić information content (AvgIpc) is 2.74. The molecule has 0 aliphatic carbocycles. The standard InChI is InChI=1S/C22H30N4O3/c1-17-7-5-6-12-25(17)16-19-9-4-3-8-18(19)15-23-22(28)20-10-11-21(27)26(24-20)13-14-29-2/h3-4,8-11,17H,5-7,12-16H2,1-2H3,(H,23,28)/t17-/m1/s1. The fourth-order valence-electron chi connectivity index (χ4n) is 3.67. The molecule has 1 aromatic heterocycles. The van der Waals surface area contributed by atoms with Crippen LogP contribution in [0.25, 0.3) is 0 Å². The predicted octanol–water partition coefficient (Wildman–Crippen LogP) is 2.19. The summed E-state index contributed by atoms with van der Waals surface area (Å²) in [5.41, 5.74) is 2.31. The molecule has 1 fully saturated rings. The van der Waals surface area contributed by atoms with Crippen LogP contribution in [0.5, 0.6) is 0 Å². The van der Waals surface area contributed by atoms with Crippen LogP contribution < -0.4 is 10.9 Å². The molecule has 0 saturated carbocycles. The molecule has 2 aromatic rings. The minimum Gasteiger partial charge on any atom is -0.383 e. The molecule has 156 valence electrons. The Labute approximate surface area is 171 Å². The van der Waals surface area contributed by atoms with Gasteiger partial charge in [0.15, 0.2) is 0 Å². The maximum atomic E-state index is 12.6. The van der Waals surface area contributed by atoms with Crippen molar-refractivity contribution < 1.29 is 9.53 Å². The summed E-state index contributed by atoms with van der Waals surface area (Å²) in [4.78, 5) is 26.9. The Morgan fingerprint density at radius 1 is 1.21 bits per heavy atom. The molecular weight excluding hydrogens is 368 g/mol. The van der Waals surface area contributed by atoms with E-state index in [9.17, 15) is 9.59 Å². The lowest BCUT2D eigenvalue weighted by atomic mass is 10.0. The van der Waals surface area contributed by atoms with Gasteiger partial charge in [-0.3, -0.25) is 14.5 Å². The minimum atomic E-state index is -0.294. The third-order valence-corrected chi connectivity index (χ3v) is 5.48. The number of nitrogens with one attached hydrogen (secondary N) is 1. The lowest BCUT2D eigenvalue weighted by Crippen LogP contribution is -2.37. The molecule has 1 aliphatic rings. The summed E-state index contributed by atoms with van der Waals surface area (Å²) in [6, 6.07) is 11.6. The van der Waals surface area contributed by atoms with Crippen LogP contribution in [0, 0.1) is 0 Å². The summed E-state index contributed by atoms with van der Waals surface area (Å²) in [6.45, 7) is 5.40. The number of amides is 1. The first kappa shape index (κ1) is 21.2. The van der Waals surface area contributed by atoms with E-state index in [-0.39, 0.29) is 17.2 Å². The van der Waals surface area contributed by atoms with Gasteiger partial charge in [0.2, 0.25) is 0 Å². The Morgan fingerprint density at radius 2 is 2.00 bits per heavy atom. The number of piperidine rings is 1. The number of likely N-dealkylation sites (tertiary alicyclic amines) is 1. The first-order chi connectivity index (χ1) is 14.1. The highest BCUT2D eigenvalue weighted by molar-refractivity contribution is 5.91. The van der Waals surface area contributed by atoms with Crippen LogP contribution in [0.4, 0.5) is 0 Å². The van der Waals surface area contributed by atoms with Gasteiger partial charge in [0.05, 0.1) is 13.2 Å². The van der Waals surface area contributed by atoms with Gasteiger partial charge in [-0.05, 0) is 43.5 Å². The quantitative estimate of drug-likeness (QED) is 0.738. The van der Waals surface area contributed by atoms with Crippen molar-refractivity contribution in [1.82, 2.24) is 20.0 Å². The SMILES string of the molecule is COCCn1nc(C(=O)NCc2ccccc2CN2CCCC[C@H]2C)ccc1=O. The minimum absolute atomic E-state index is 0.225. The summed E-state index contributed by atoms with van der Waals surface area (Å²) < 4.78 is 6.24. The molecule has 2 heterocycles. The molecule has 0 radical (unpaired) electrons. The molecule has 1 N–H and O–H groups in total. The zero-order valence-electron chi connectivity index (χ0n) is 17.3. The van der Waals surface area contributed by atoms with E-state index < -0.39 is 0 Å². The molecule has 1 amide bonds. The maximum absolute atomic E-state index is 12.6. The molecule has 1 saturated heterocycles. The number of ether oxygens (including phenoxy) is 1. The Bertz CT molecular complexity index is 880. The molecule has 7 heteroatoms. The van der Waals surface area contributed by atoms with Crippen LogP contribution in [0.1, 0.15) is 47.8 Å². The number of benzene rings is 1. The molecule has 29 heavy (non-hydrogen) atoms. The van der Waals surface area contributed by atoms with E-state index in [1.54, 1.807) is 7.11 Å². The highest BCUT2D eigenvalue weighted by Crippen LogP contribution is 2.20. The zero-order valence-corrected chi connectivity index (χ0v) is 17.3. The van der Waals surface area contributed by atoms with Gasteiger partial charge in [-0.25, -0.2) is 4.68 Å². The van der Waals surface area contributed by atoms with Crippen LogP contribution in [-0.2, 0) is 24.4 Å². The molecule has 0 spiro atoms. The number of aromatic nitrogens is 2. The smallest absolute Gasteiger partial charge is 0.271 e. The van der Waals surface area contributed by atoms with Crippen molar-refractivity contribution in [3.63, 3.8) is 0 Å². The van der Waals surface area contributed by atoms with Crippen molar-refractivity contribution in [2.75, 3.05) is 20.3 Å². The predicted molar refractivity (Wildman–Crippen MR) is 112 cm³/mol. The summed E-state index contributed by atoms with van der Waals surface area (Å²) in [5.74, 6) is -0.294. The first-order valence-electron chi connectivity index (χ1n) is 10.2. The number of carbonyl (C=O) groups excluding carboxylic acids is 1. The van der Waals surface area contributed by atoms with Crippen molar-refractivity contribution in [2.45, 2.75) is 51.9 Å². The monoisotopic (exact) mass is 398 g/mol. The summed E-state index contributed by atoms with van der Waals surface area (Å²) in [5, 5.41) is 7.09. The number of hydrogen-bond donors (Lipinski definition) is 1. The fourth-order valence-corrected chi connectivity index (χ4v) is 3.67. The van der Waals surface area contributed by atoms with Crippen molar-refractivity contribution in [3.05, 3.63) is 63.6 Å². The molecule has 1 aliphatic heterocycles. The molecule has 0 unspecified atom stereocenters. The Kier molecular flexibility index (Phi) is 7.55. The topological polar surface area (TPSA) is 76.5 Å². The van der Waals surface area contributed by atoms with E-state index in [1.807, 2.05) is 12.1 Å². The number of rotatable bonds is 8. The van der Waals surface area contributed by atoms with Crippen molar-refractivity contribution >= 4 is 5.91 Å². The van der Waals surface area contributed by atoms with E-state index in [0.29, 0.717) is 25.7 Å². The van der Waals surface area contributed by atoms with Gasteiger partial charge in [0, 0.05) is 32.3 Å². The van der Waals surface area contributed by atoms with Crippen LogP contribution in [0.15, 0.2) is 41.2 Å². The Balaban J connectivity index is 1.65. The normalized spacial score (nSPS) is 17.2. The van der Waals surface area contributed by atoms with Crippen LogP contribution >= 0.6 is 0 Å². The molecule has 0 bridgehead atoms. The Morgan fingerprint density at radius 3 is 2.76 bits per heavy atom. The van der Waals surface area contributed by atoms with E-state index in [0.717, 1.165) is 18.7 Å². The van der Waals surface area contributed by atoms with Gasteiger partial charge in [-0.15, -0.1) is 0 Å². The third-order valence-electron chi connectivity index (χ3n) is 5.48. The second-order valence-corrected chi connectivity index (χ2v) is 7.54. The lowest BCUT2D eigenvalue weighted by molar-refractivity contribution is 0.0941. The highest BCUT2D eigenvalue weighted by Gasteiger charge is 2.19. The van der Waals surface area contributed by atoms with Crippen molar-refractivity contribution in [3.8, 4) is 0 Å². The first-order valence-corrected chi connectivity index (χ1v) is 10.2. The molecular formula is C22H30N4O3. The van der Waals surface area contributed by atoms with E-state index in [1.165, 1.54) is 41.6 Å². The third kappa shape index (κ3) is 5.74. The van der Waals surface area contributed by atoms with Gasteiger partial charge < -0.3 is 10.1 Å². The molecule has 1 aromatic carbocycles. The second kappa shape index (κ2) is 10.3. The van der Waals surface area contributed by atoms with Crippen LogP contribution in [0.2, 0.25) is 0 Å². The molecule has 1 atom stereocenters. The zero-order chi connectivity index (χ0) is 20.6. The summed E-state index contributed by atoms with van der Waals surface area (Å²) in [7, 11) is 1.56. The largest absolute Gasteiger partial charge is 0.383 e. The lowest BCUT2D eigenvalue weighted by Gasteiger charge is -2.33. The van der Waals surface area contributed by atoms with Crippen LogP contribution in [0.3, 0.4) is 0 Å². The number of nitrogens with zero attached hydrogens (tertiary/aromatic N) is 3. The average molecular weight is 399 g/mol. The number of carbonyl (C=O) groups is 1. The summed E-state index contributed by atoms with van der Waals surface area (Å²) >= 11 is 0. The maximum Gasteiger partial charge on any atom is 0.271 e. The van der Waals surface area contributed by atoms with Crippen molar-refractivity contribution in [2.24, 2.45) is 0 Å². The van der Waals surface area contributed by atoms with E-state index in [2.05, 4.69) is 34.4 Å². The van der Waals surface area contributed by atoms with E-state index >= 15 is 0 Å². The number of hydrogen-bond acceptors (Lipinski definition) is 5. The fraction of sp³-hybridized carbons (Fsp3) is 0.500. The highest BCUT2D eigenvalue weighted by atomic mass is 16.5. The van der Waals surface area contributed by atoms with Gasteiger partial charge in [-0.2, -0.15) is 5.10 Å². The Hall–Kier alpha value is -2.51. The molecule has 3 rings (SSSR count). The number of methoxy groups -OCH3 is 1. The van der Waals surface area contributed by atoms with E-state index in [4.69, 9.17) is 4.74 Å². The van der Waals surface area contributed by atoms with Gasteiger partial charge in [0.25, 0.3) is 11.5 Å². The van der Waals surface area contributed by atoms with Crippen LogP contribution in [-0.4, -0.2) is 46.9 Å². The molecule has 7 nitrogen and oxygen atoms in total. The van der Waals surface area contributed by atoms with Gasteiger partial charge in [0.1, 0.15) is 5.69 Å². The second-order valence-electron chi connectivity index (χ2n) is 7.54. The van der Waals surface area contributed by atoms with Gasteiger partial charge >= 0.3 is 0 Å². The summed E-state index contributed by atoms with van der Waals surface area (Å²) in [6.07, 6.45) is 3.78. The van der Waals surface area contributed by atoms with Crippen molar-refractivity contribution in [1.29, 1.82) is 0 Å².